The normalized spacial score (nSPS) is 13.1. The van der Waals surface area contributed by atoms with Gasteiger partial charge in [-0.2, -0.15) is 0 Å². The molecule has 1 amide bonds. The summed E-state index contributed by atoms with van der Waals surface area (Å²) in [6.07, 6.45) is 0.684. The summed E-state index contributed by atoms with van der Waals surface area (Å²) in [5, 5.41) is 0. The first kappa shape index (κ1) is 15.3. The molecule has 0 radical (unpaired) electrons. The molecule has 3 rings (SSSR count). The zero-order chi connectivity index (χ0) is 16.7. The molecule has 23 heavy (non-hydrogen) atoms. The number of nitrogens with one attached hydrogen (secondary N) is 1. The van der Waals surface area contributed by atoms with Gasteiger partial charge < -0.3 is 14.6 Å². The number of amides is 1. The Bertz CT molecular complexity index is 810. The molecule has 0 bridgehead atoms. The summed E-state index contributed by atoms with van der Waals surface area (Å²) in [6, 6.07) is 4.46. The lowest BCUT2D eigenvalue weighted by Gasteiger charge is -2.17. The number of anilines is 1. The molecule has 0 aliphatic carbocycles. The van der Waals surface area contributed by atoms with E-state index in [2.05, 4.69) is 4.98 Å². The number of aryl methyl sites for hydroxylation is 1. The minimum atomic E-state index is -0.483. The zero-order valence-electron chi connectivity index (χ0n) is 13.2. The van der Waals surface area contributed by atoms with Gasteiger partial charge in [-0.1, -0.05) is 6.07 Å². The second kappa shape index (κ2) is 5.53. The number of carbonyl (C=O) groups excluding carboxylic acids is 2. The number of methoxy groups -OCH3 is 1. The Balaban J connectivity index is 2.01. The van der Waals surface area contributed by atoms with E-state index in [1.165, 1.54) is 24.1 Å². The van der Waals surface area contributed by atoms with E-state index in [0.29, 0.717) is 41.2 Å². The molecule has 1 aliphatic rings. The summed E-state index contributed by atoms with van der Waals surface area (Å²) in [5.74, 6) is -1.13. The Morgan fingerprint density at radius 1 is 1.30 bits per heavy atom. The predicted octanol–water partition coefficient (Wildman–Crippen LogP) is 2.76. The number of aromatic nitrogens is 1. The fourth-order valence-electron chi connectivity index (χ4n) is 3.07. The highest BCUT2D eigenvalue weighted by Crippen LogP contribution is 2.31. The van der Waals surface area contributed by atoms with Gasteiger partial charge in [0.25, 0.3) is 5.91 Å². The number of benzene rings is 1. The van der Waals surface area contributed by atoms with Crippen molar-refractivity contribution >= 4 is 17.6 Å². The number of aromatic amines is 1. The second-order valence-electron chi connectivity index (χ2n) is 5.60. The fraction of sp³-hybridized carbons (Fsp3) is 0.294. The average Bonchev–Trinajstić information content (AvgIpc) is 3.06. The molecule has 0 saturated heterocycles. The second-order valence-corrected chi connectivity index (χ2v) is 5.60. The molecule has 0 spiro atoms. The van der Waals surface area contributed by atoms with Crippen molar-refractivity contribution in [3.8, 4) is 0 Å². The molecule has 1 N–H and O–H groups in total. The first-order valence-electron chi connectivity index (χ1n) is 7.31. The van der Waals surface area contributed by atoms with Gasteiger partial charge in [-0.05, 0) is 43.5 Å². The van der Waals surface area contributed by atoms with Gasteiger partial charge in [-0.15, -0.1) is 0 Å². The smallest absolute Gasteiger partial charge is 0.339 e. The molecule has 5 nitrogen and oxygen atoms in total. The number of fused-ring (bicyclic) bond motifs is 1. The maximum atomic E-state index is 13.5. The molecule has 0 unspecified atom stereocenters. The van der Waals surface area contributed by atoms with Crippen molar-refractivity contribution in [2.24, 2.45) is 0 Å². The van der Waals surface area contributed by atoms with Crippen molar-refractivity contribution in [3.05, 3.63) is 52.1 Å². The minimum absolute atomic E-state index is 0.273. The van der Waals surface area contributed by atoms with Crippen LogP contribution in [-0.4, -0.2) is 30.5 Å². The molecule has 6 heteroatoms. The van der Waals surface area contributed by atoms with Crippen molar-refractivity contribution in [3.63, 3.8) is 0 Å². The van der Waals surface area contributed by atoms with E-state index in [0.717, 1.165) is 5.56 Å². The van der Waals surface area contributed by atoms with Gasteiger partial charge in [-0.25, -0.2) is 9.18 Å². The summed E-state index contributed by atoms with van der Waals surface area (Å²) in [5.41, 5.74) is 3.35. The van der Waals surface area contributed by atoms with Crippen LogP contribution in [0.15, 0.2) is 18.2 Å². The topological polar surface area (TPSA) is 62.4 Å². The molecule has 0 atom stereocenters. The number of esters is 1. The van der Waals surface area contributed by atoms with Crippen molar-refractivity contribution in [1.82, 2.24) is 4.98 Å². The van der Waals surface area contributed by atoms with Gasteiger partial charge in [0.05, 0.1) is 18.4 Å². The van der Waals surface area contributed by atoms with E-state index in [-0.39, 0.29) is 11.7 Å². The summed E-state index contributed by atoms with van der Waals surface area (Å²) >= 11 is 0. The quantitative estimate of drug-likeness (QED) is 0.867. The Kier molecular flexibility index (Phi) is 3.67. The van der Waals surface area contributed by atoms with Gasteiger partial charge in [-0.3, -0.25) is 4.79 Å². The molecule has 0 fully saturated rings. The molecular weight excluding hydrogens is 299 g/mol. The molecule has 2 aromatic rings. The Hall–Kier alpha value is -2.63. The van der Waals surface area contributed by atoms with Crippen LogP contribution in [0, 0.1) is 19.7 Å². The van der Waals surface area contributed by atoms with E-state index in [1.807, 2.05) is 0 Å². The van der Waals surface area contributed by atoms with Crippen molar-refractivity contribution in [2.75, 3.05) is 18.6 Å². The van der Waals surface area contributed by atoms with Crippen molar-refractivity contribution in [2.45, 2.75) is 20.3 Å². The van der Waals surface area contributed by atoms with Crippen LogP contribution in [-0.2, 0) is 11.2 Å². The molecular formula is C17H17FN2O3. The van der Waals surface area contributed by atoms with Crippen LogP contribution in [0.5, 0.6) is 0 Å². The number of hydrogen-bond acceptors (Lipinski definition) is 3. The lowest BCUT2D eigenvalue weighted by atomic mass is 10.1. The Morgan fingerprint density at radius 3 is 2.74 bits per heavy atom. The van der Waals surface area contributed by atoms with Gasteiger partial charge >= 0.3 is 5.97 Å². The van der Waals surface area contributed by atoms with E-state index >= 15 is 0 Å². The number of carbonyl (C=O) groups is 2. The van der Waals surface area contributed by atoms with Gasteiger partial charge in [0.1, 0.15) is 11.5 Å². The minimum Gasteiger partial charge on any atom is -0.465 e. The van der Waals surface area contributed by atoms with Crippen LogP contribution in [0.2, 0.25) is 0 Å². The van der Waals surface area contributed by atoms with Crippen molar-refractivity contribution in [1.29, 1.82) is 0 Å². The standard InChI is InChI=1S/C17H17FN2O3/c1-9-14(17(22)23-3)10(2)19-15(9)16(21)20-7-6-11-4-5-12(18)8-13(11)20/h4-5,8,19H,6-7H2,1-3H3. The molecule has 2 heterocycles. The number of nitrogens with zero attached hydrogens (tertiary/aromatic N) is 1. The third-order valence-electron chi connectivity index (χ3n) is 4.23. The molecule has 1 aromatic carbocycles. The number of hydrogen-bond donors (Lipinski definition) is 1. The van der Waals surface area contributed by atoms with Gasteiger partial charge in [0, 0.05) is 12.2 Å². The van der Waals surface area contributed by atoms with E-state index in [1.54, 1.807) is 19.9 Å². The Labute approximate surface area is 133 Å². The monoisotopic (exact) mass is 316 g/mol. The van der Waals surface area contributed by atoms with Gasteiger partial charge in [0.2, 0.25) is 0 Å². The SMILES string of the molecule is COC(=O)c1c(C)[nH]c(C(=O)N2CCc3ccc(F)cc32)c1C. The highest BCUT2D eigenvalue weighted by atomic mass is 19.1. The molecule has 120 valence electrons. The Morgan fingerprint density at radius 2 is 2.04 bits per heavy atom. The fourth-order valence-corrected chi connectivity index (χ4v) is 3.07. The van der Waals surface area contributed by atoms with E-state index in [9.17, 15) is 14.0 Å². The lowest BCUT2D eigenvalue weighted by Crippen LogP contribution is -2.29. The maximum Gasteiger partial charge on any atom is 0.339 e. The van der Waals surface area contributed by atoms with Crippen LogP contribution >= 0.6 is 0 Å². The summed E-state index contributed by atoms with van der Waals surface area (Å²) in [6.45, 7) is 3.90. The molecule has 1 aliphatic heterocycles. The summed E-state index contributed by atoms with van der Waals surface area (Å²) < 4.78 is 18.2. The van der Waals surface area contributed by atoms with Crippen LogP contribution < -0.4 is 4.90 Å². The van der Waals surface area contributed by atoms with Gasteiger partial charge in [0.15, 0.2) is 0 Å². The van der Waals surface area contributed by atoms with Crippen molar-refractivity contribution < 1.29 is 18.7 Å². The number of rotatable bonds is 2. The first-order chi connectivity index (χ1) is 10.9. The third-order valence-corrected chi connectivity index (χ3v) is 4.23. The number of H-pyrrole nitrogens is 1. The summed E-state index contributed by atoms with van der Waals surface area (Å²) in [7, 11) is 1.30. The average molecular weight is 316 g/mol. The molecule has 0 saturated carbocycles. The van der Waals surface area contributed by atoms with Crippen LogP contribution in [0.3, 0.4) is 0 Å². The maximum absolute atomic E-state index is 13.5. The van der Waals surface area contributed by atoms with E-state index < -0.39 is 5.97 Å². The highest BCUT2D eigenvalue weighted by molar-refractivity contribution is 6.09. The zero-order valence-corrected chi connectivity index (χ0v) is 13.2. The van der Waals surface area contributed by atoms with Crippen LogP contribution in [0.4, 0.5) is 10.1 Å². The van der Waals surface area contributed by atoms with Crippen LogP contribution in [0.25, 0.3) is 0 Å². The lowest BCUT2D eigenvalue weighted by molar-refractivity contribution is 0.0599. The largest absolute Gasteiger partial charge is 0.465 e. The predicted molar refractivity (Wildman–Crippen MR) is 83.4 cm³/mol. The highest BCUT2D eigenvalue weighted by Gasteiger charge is 2.30. The number of halogens is 1. The number of ether oxygens (including phenoxy) is 1. The molecule has 1 aromatic heterocycles. The first-order valence-corrected chi connectivity index (χ1v) is 7.31. The summed E-state index contributed by atoms with van der Waals surface area (Å²) in [4.78, 5) is 29.2. The third kappa shape index (κ3) is 2.40. The van der Waals surface area contributed by atoms with E-state index in [4.69, 9.17) is 4.74 Å². The van der Waals surface area contributed by atoms with Crippen LogP contribution in [0.1, 0.15) is 37.7 Å².